The first kappa shape index (κ1) is 20.6. The van der Waals surface area contributed by atoms with Crippen molar-refractivity contribution in [3.8, 4) is 11.5 Å². The molecular weight excluding hydrogens is 420 g/mol. The van der Waals surface area contributed by atoms with Crippen molar-refractivity contribution in [3.63, 3.8) is 0 Å². The third kappa shape index (κ3) is 5.43. The Balaban J connectivity index is 1.56. The zero-order valence-electron chi connectivity index (χ0n) is 15.2. The lowest BCUT2D eigenvalue weighted by Crippen LogP contribution is -2.07. The number of methoxy groups -OCH3 is 1. The highest BCUT2D eigenvalue weighted by atomic mass is 35.5. The number of nitro benzene ring substituents is 1. The summed E-state index contributed by atoms with van der Waals surface area (Å²) in [6.07, 6.45) is 0. The van der Waals surface area contributed by atoms with Gasteiger partial charge in [-0.1, -0.05) is 11.6 Å². The first-order valence-corrected chi connectivity index (χ1v) is 9.53. The molecule has 0 unspecified atom stereocenters. The van der Waals surface area contributed by atoms with Gasteiger partial charge in [-0.2, -0.15) is 0 Å². The van der Waals surface area contributed by atoms with E-state index >= 15 is 0 Å². The van der Waals surface area contributed by atoms with Crippen molar-refractivity contribution in [1.29, 1.82) is 0 Å². The van der Waals surface area contributed by atoms with Crippen LogP contribution in [0.25, 0.3) is 0 Å². The van der Waals surface area contributed by atoms with Crippen molar-refractivity contribution in [3.05, 3.63) is 79.2 Å². The second kappa shape index (κ2) is 9.35. The highest BCUT2D eigenvalue weighted by molar-refractivity contribution is 7.09. The summed E-state index contributed by atoms with van der Waals surface area (Å²) in [5.74, 6) is 0.0396. The van der Waals surface area contributed by atoms with E-state index in [-0.39, 0.29) is 30.2 Å². The molecule has 0 atom stereocenters. The lowest BCUT2D eigenvalue weighted by atomic mass is 10.2. The van der Waals surface area contributed by atoms with Crippen LogP contribution < -0.4 is 9.47 Å². The van der Waals surface area contributed by atoms with E-state index in [0.29, 0.717) is 21.5 Å². The second-order valence-electron chi connectivity index (χ2n) is 5.70. The number of hydrogen-bond acceptors (Lipinski definition) is 8. The molecule has 1 heterocycles. The Morgan fingerprint density at radius 1 is 1.21 bits per heavy atom. The summed E-state index contributed by atoms with van der Waals surface area (Å²) in [7, 11) is 1.32. The Labute approximate surface area is 174 Å². The van der Waals surface area contributed by atoms with Gasteiger partial charge in [0.2, 0.25) is 0 Å². The molecule has 1 aromatic heterocycles. The summed E-state index contributed by atoms with van der Waals surface area (Å²) < 4.78 is 15.7. The summed E-state index contributed by atoms with van der Waals surface area (Å²) in [5, 5.41) is 14.2. The average molecular weight is 435 g/mol. The summed E-state index contributed by atoms with van der Waals surface area (Å²) in [6.45, 7) is 0.209. The smallest absolute Gasteiger partial charge is 0.338 e. The number of halogens is 1. The van der Waals surface area contributed by atoms with Crippen molar-refractivity contribution in [2.24, 2.45) is 0 Å². The van der Waals surface area contributed by atoms with Gasteiger partial charge in [0.05, 0.1) is 23.3 Å². The van der Waals surface area contributed by atoms with Gasteiger partial charge in [0.25, 0.3) is 0 Å². The van der Waals surface area contributed by atoms with Crippen molar-refractivity contribution in [1.82, 2.24) is 4.98 Å². The number of nitrogens with zero attached hydrogens (tertiary/aromatic N) is 2. The molecule has 0 saturated carbocycles. The van der Waals surface area contributed by atoms with Gasteiger partial charge < -0.3 is 14.2 Å². The maximum Gasteiger partial charge on any atom is 0.338 e. The minimum atomic E-state index is -0.692. The van der Waals surface area contributed by atoms with E-state index in [9.17, 15) is 14.9 Å². The number of hydrogen-bond donors (Lipinski definition) is 0. The third-order valence-electron chi connectivity index (χ3n) is 3.74. The van der Waals surface area contributed by atoms with Gasteiger partial charge in [0.15, 0.2) is 5.75 Å². The van der Waals surface area contributed by atoms with Crippen LogP contribution in [0.5, 0.6) is 11.5 Å². The maximum absolute atomic E-state index is 12.2. The highest BCUT2D eigenvalue weighted by Gasteiger charge is 2.19. The van der Waals surface area contributed by atoms with E-state index in [1.807, 2.05) is 0 Å². The number of benzene rings is 2. The molecule has 3 aromatic rings. The number of carbonyl (C=O) groups excluding carboxylic acids is 1. The molecule has 0 aliphatic carbocycles. The van der Waals surface area contributed by atoms with Crippen LogP contribution in [0.1, 0.15) is 21.1 Å². The van der Waals surface area contributed by atoms with Crippen LogP contribution in [-0.2, 0) is 18.0 Å². The number of aromatic nitrogens is 1. The van der Waals surface area contributed by atoms with Crippen LogP contribution in [0.15, 0.2) is 47.8 Å². The third-order valence-corrected chi connectivity index (χ3v) is 4.86. The molecule has 0 fully saturated rings. The first-order chi connectivity index (χ1) is 14.0. The molecule has 2 aromatic carbocycles. The number of ether oxygens (including phenoxy) is 3. The van der Waals surface area contributed by atoms with Gasteiger partial charge in [-0.3, -0.25) is 10.1 Å². The van der Waals surface area contributed by atoms with Gasteiger partial charge in [-0.15, -0.1) is 11.3 Å². The molecule has 150 valence electrons. The topological polar surface area (TPSA) is 101 Å². The molecule has 3 rings (SSSR count). The van der Waals surface area contributed by atoms with Crippen LogP contribution in [0.3, 0.4) is 0 Å². The van der Waals surface area contributed by atoms with E-state index in [4.69, 9.17) is 25.8 Å². The minimum absolute atomic E-state index is 0.0547. The fourth-order valence-corrected chi connectivity index (χ4v) is 3.16. The Morgan fingerprint density at radius 3 is 2.66 bits per heavy atom. The lowest BCUT2D eigenvalue weighted by Gasteiger charge is -2.05. The number of nitro groups is 1. The first-order valence-electron chi connectivity index (χ1n) is 8.27. The van der Waals surface area contributed by atoms with E-state index < -0.39 is 10.9 Å². The normalized spacial score (nSPS) is 10.4. The molecule has 0 aliphatic rings. The molecule has 0 N–H and O–H groups in total. The number of rotatable bonds is 8. The number of esters is 1. The van der Waals surface area contributed by atoms with Gasteiger partial charge in [-0.05, 0) is 36.4 Å². The lowest BCUT2D eigenvalue weighted by molar-refractivity contribution is -0.385. The highest BCUT2D eigenvalue weighted by Crippen LogP contribution is 2.28. The van der Waals surface area contributed by atoms with Crippen LogP contribution in [0.4, 0.5) is 5.69 Å². The van der Waals surface area contributed by atoms with Crippen LogP contribution >= 0.6 is 22.9 Å². The van der Waals surface area contributed by atoms with Crippen molar-refractivity contribution >= 4 is 34.6 Å². The molecule has 29 heavy (non-hydrogen) atoms. The van der Waals surface area contributed by atoms with Crippen LogP contribution in [0.2, 0.25) is 5.02 Å². The SMILES string of the molecule is COc1ccc(C(=O)OCc2csc(COc3ccc(Cl)cc3)n2)cc1[N+](=O)[O-]. The van der Waals surface area contributed by atoms with Gasteiger partial charge in [0.1, 0.15) is 24.0 Å². The van der Waals surface area contributed by atoms with Crippen molar-refractivity contribution in [2.45, 2.75) is 13.2 Å². The molecule has 0 bridgehead atoms. The standard InChI is InChI=1S/C19H15ClN2O6S/c1-26-17-7-2-12(8-16(17)22(24)25)19(23)28-9-14-11-29-18(21-14)10-27-15-5-3-13(20)4-6-15/h2-8,11H,9-10H2,1H3. The van der Waals surface area contributed by atoms with E-state index in [2.05, 4.69) is 4.98 Å². The summed E-state index contributed by atoms with van der Waals surface area (Å²) in [5.41, 5.74) is 0.303. The molecular formula is C19H15ClN2O6S. The van der Waals surface area contributed by atoms with Gasteiger partial charge in [0, 0.05) is 16.5 Å². The largest absolute Gasteiger partial charge is 0.490 e. The quantitative estimate of drug-likeness (QED) is 0.289. The van der Waals surface area contributed by atoms with Gasteiger partial charge in [-0.25, -0.2) is 9.78 Å². The number of carbonyl (C=O) groups is 1. The molecule has 0 amide bonds. The fraction of sp³-hybridized carbons (Fsp3) is 0.158. The predicted molar refractivity (Wildman–Crippen MR) is 107 cm³/mol. The Morgan fingerprint density at radius 2 is 1.97 bits per heavy atom. The van der Waals surface area contributed by atoms with E-state index in [0.717, 1.165) is 6.07 Å². The predicted octanol–water partition coefficient (Wildman–Crippen LogP) is 4.65. The molecule has 10 heteroatoms. The summed E-state index contributed by atoms with van der Waals surface area (Å²) in [4.78, 5) is 27.0. The molecule has 0 aliphatic heterocycles. The van der Waals surface area contributed by atoms with Crippen LogP contribution in [-0.4, -0.2) is 23.0 Å². The van der Waals surface area contributed by atoms with Crippen molar-refractivity contribution in [2.75, 3.05) is 7.11 Å². The second-order valence-corrected chi connectivity index (χ2v) is 7.07. The Kier molecular flexibility index (Phi) is 6.63. The van der Waals surface area contributed by atoms with E-state index in [1.165, 1.54) is 30.6 Å². The molecule has 0 radical (unpaired) electrons. The van der Waals surface area contributed by atoms with Gasteiger partial charge >= 0.3 is 11.7 Å². The van der Waals surface area contributed by atoms with Crippen LogP contribution in [0, 0.1) is 10.1 Å². The fourth-order valence-electron chi connectivity index (χ4n) is 2.34. The zero-order chi connectivity index (χ0) is 20.8. The summed E-state index contributed by atoms with van der Waals surface area (Å²) >= 11 is 7.20. The zero-order valence-corrected chi connectivity index (χ0v) is 16.7. The van der Waals surface area contributed by atoms with E-state index in [1.54, 1.807) is 29.6 Å². The molecule has 0 spiro atoms. The number of thiazole rings is 1. The Bertz CT molecular complexity index is 1020. The summed E-state index contributed by atoms with van der Waals surface area (Å²) in [6, 6.07) is 10.8. The molecule has 8 nitrogen and oxygen atoms in total. The molecule has 0 saturated heterocycles. The maximum atomic E-state index is 12.2. The minimum Gasteiger partial charge on any atom is -0.490 e. The average Bonchev–Trinajstić information content (AvgIpc) is 3.19. The Hall–Kier alpha value is -3.17. The monoisotopic (exact) mass is 434 g/mol. The van der Waals surface area contributed by atoms with Crippen molar-refractivity contribution < 1.29 is 23.9 Å².